The van der Waals surface area contributed by atoms with Gasteiger partial charge in [-0.3, -0.25) is 4.79 Å². The Balaban J connectivity index is 1.71. The van der Waals surface area contributed by atoms with E-state index in [1.54, 1.807) is 42.2 Å². The predicted molar refractivity (Wildman–Crippen MR) is 120 cm³/mol. The summed E-state index contributed by atoms with van der Waals surface area (Å²) in [5, 5.41) is 13.5. The molecule has 0 bridgehead atoms. The first-order valence-electron chi connectivity index (χ1n) is 10.9. The van der Waals surface area contributed by atoms with E-state index in [-0.39, 0.29) is 23.7 Å². The van der Waals surface area contributed by atoms with Crippen LogP contribution >= 0.6 is 0 Å². The topological polar surface area (TPSA) is 97.4 Å². The number of hydrogen-bond donors (Lipinski definition) is 0. The van der Waals surface area contributed by atoms with Crippen molar-refractivity contribution in [2.45, 2.75) is 25.2 Å². The number of methoxy groups -OCH3 is 1. The Bertz CT molecular complexity index is 1350. The van der Waals surface area contributed by atoms with Crippen molar-refractivity contribution in [3.05, 3.63) is 70.8 Å². The average Bonchev–Trinajstić information content (AvgIpc) is 3.50. The highest BCUT2D eigenvalue weighted by molar-refractivity contribution is 6.10. The molecule has 1 amide bonds. The van der Waals surface area contributed by atoms with Gasteiger partial charge in [-0.25, -0.2) is 13.9 Å². The van der Waals surface area contributed by atoms with Gasteiger partial charge in [-0.2, -0.15) is 10.4 Å². The number of anilines is 1. The number of ether oxygens (including phenoxy) is 2. The molecule has 5 rings (SSSR count). The van der Waals surface area contributed by atoms with E-state index < -0.39 is 23.1 Å². The highest BCUT2D eigenvalue weighted by Crippen LogP contribution is 2.54. The monoisotopic (exact) mass is 460 g/mol. The van der Waals surface area contributed by atoms with E-state index in [4.69, 9.17) is 14.7 Å². The number of fused-ring (bicyclic) bond motifs is 2. The maximum absolute atomic E-state index is 15.1. The van der Waals surface area contributed by atoms with E-state index in [0.717, 1.165) is 12.8 Å². The molecule has 1 aliphatic heterocycles. The molecule has 0 N–H and O–H groups in total. The summed E-state index contributed by atoms with van der Waals surface area (Å²) >= 11 is 0. The lowest BCUT2D eigenvalue weighted by molar-refractivity contribution is 0.0516. The smallest absolute Gasteiger partial charge is 0.359 e. The van der Waals surface area contributed by atoms with Crippen LogP contribution in [-0.2, 0) is 10.2 Å². The van der Waals surface area contributed by atoms with E-state index in [0.29, 0.717) is 29.1 Å². The number of aromatic nitrogens is 2. The molecular formula is C25H21FN4O4. The molecule has 3 aromatic rings. The van der Waals surface area contributed by atoms with Gasteiger partial charge in [-0.15, -0.1) is 0 Å². The van der Waals surface area contributed by atoms with Crippen LogP contribution in [-0.4, -0.2) is 41.9 Å². The third-order valence-electron chi connectivity index (χ3n) is 6.34. The summed E-state index contributed by atoms with van der Waals surface area (Å²) < 4.78 is 26.6. The quantitative estimate of drug-likeness (QED) is 0.538. The van der Waals surface area contributed by atoms with E-state index in [1.165, 1.54) is 23.9 Å². The molecule has 2 aromatic carbocycles. The van der Waals surface area contributed by atoms with Gasteiger partial charge in [0.15, 0.2) is 11.5 Å². The first-order chi connectivity index (χ1) is 16.4. The second-order valence-electron chi connectivity index (χ2n) is 8.35. The molecule has 34 heavy (non-hydrogen) atoms. The van der Waals surface area contributed by atoms with Crippen molar-refractivity contribution in [1.82, 2.24) is 9.78 Å². The molecule has 1 aliphatic carbocycles. The number of hydrogen-bond acceptors (Lipinski definition) is 6. The van der Waals surface area contributed by atoms with Crippen molar-refractivity contribution >= 4 is 17.6 Å². The summed E-state index contributed by atoms with van der Waals surface area (Å²) in [7, 11) is 1.43. The molecule has 2 heterocycles. The zero-order chi connectivity index (χ0) is 24.0. The maximum atomic E-state index is 15.1. The molecule has 0 saturated heterocycles. The van der Waals surface area contributed by atoms with Gasteiger partial charge in [0.1, 0.15) is 17.1 Å². The van der Waals surface area contributed by atoms with Crippen molar-refractivity contribution in [2.24, 2.45) is 0 Å². The number of amides is 1. The van der Waals surface area contributed by atoms with Gasteiger partial charge in [0.05, 0.1) is 25.3 Å². The molecule has 2 aliphatic rings. The number of nitriles is 1. The van der Waals surface area contributed by atoms with Crippen molar-refractivity contribution in [3.8, 4) is 17.5 Å². The van der Waals surface area contributed by atoms with Crippen LogP contribution in [0.2, 0.25) is 0 Å². The van der Waals surface area contributed by atoms with Crippen LogP contribution in [0.3, 0.4) is 0 Å². The summed E-state index contributed by atoms with van der Waals surface area (Å²) in [5.74, 6) is -1.38. The van der Waals surface area contributed by atoms with Crippen LogP contribution in [0.4, 0.5) is 10.1 Å². The minimum atomic E-state index is -0.645. The Morgan fingerprint density at radius 3 is 2.56 bits per heavy atom. The van der Waals surface area contributed by atoms with E-state index in [2.05, 4.69) is 11.2 Å². The first-order valence-corrected chi connectivity index (χ1v) is 10.9. The second kappa shape index (κ2) is 7.99. The molecular weight excluding hydrogens is 439 g/mol. The van der Waals surface area contributed by atoms with Gasteiger partial charge in [0.25, 0.3) is 5.91 Å². The molecule has 1 saturated carbocycles. The van der Waals surface area contributed by atoms with Gasteiger partial charge in [-0.05, 0) is 56.2 Å². The first kappa shape index (κ1) is 21.6. The predicted octanol–water partition coefficient (Wildman–Crippen LogP) is 3.76. The number of nitrogens with zero attached hydrogens (tertiary/aromatic N) is 4. The Morgan fingerprint density at radius 2 is 1.97 bits per heavy atom. The zero-order valence-electron chi connectivity index (χ0n) is 18.7. The van der Waals surface area contributed by atoms with Crippen LogP contribution in [0.15, 0.2) is 42.5 Å². The summed E-state index contributed by atoms with van der Waals surface area (Å²) in [4.78, 5) is 28.2. The van der Waals surface area contributed by atoms with Crippen LogP contribution in [0, 0.1) is 17.1 Å². The van der Waals surface area contributed by atoms with Crippen LogP contribution in [0.25, 0.3) is 5.69 Å². The van der Waals surface area contributed by atoms with E-state index in [1.807, 2.05) is 0 Å². The molecule has 1 fully saturated rings. The fourth-order valence-electron chi connectivity index (χ4n) is 4.49. The minimum absolute atomic E-state index is 0.0263. The van der Waals surface area contributed by atoms with Gasteiger partial charge >= 0.3 is 5.97 Å². The SMILES string of the molecule is CCOC(=O)c1nn(-c2ccc(OC)cc2F)c2c1C1(CC1)CN(c1ccc(C#N)cc1)C2=O. The number of rotatable bonds is 5. The fourth-order valence-corrected chi connectivity index (χ4v) is 4.49. The number of carbonyl (C=O) groups excluding carboxylic acids is 2. The van der Waals surface area contributed by atoms with E-state index in [9.17, 15) is 9.59 Å². The molecule has 8 nitrogen and oxygen atoms in total. The van der Waals surface area contributed by atoms with Crippen molar-refractivity contribution in [2.75, 3.05) is 25.2 Å². The van der Waals surface area contributed by atoms with Crippen molar-refractivity contribution in [1.29, 1.82) is 5.26 Å². The van der Waals surface area contributed by atoms with Gasteiger partial charge in [0.2, 0.25) is 0 Å². The van der Waals surface area contributed by atoms with Crippen LogP contribution in [0.1, 0.15) is 51.9 Å². The third-order valence-corrected chi connectivity index (χ3v) is 6.34. The summed E-state index contributed by atoms with van der Waals surface area (Å²) in [6, 6.07) is 13.0. The largest absolute Gasteiger partial charge is 0.497 e. The van der Waals surface area contributed by atoms with Crippen molar-refractivity contribution < 1.29 is 23.5 Å². The van der Waals surface area contributed by atoms with Crippen LogP contribution in [0.5, 0.6) is 5.75 Å². The number of halogens is 1. The molecule has 1 aromatic heterocycles. The fraction of sp³-hybridized carbons (Fsp3) is 0.280. The number of carbonyl (C=O) groups is 2. The van der Waals surface area contributed by atoms with Gasteiger partial charge < -0.3 is 14.4 Å². The number of benzene rings is 2. The van der Waals surface area contributed by atoms with Gasteiger partial charge in [0, 0.05) is 29.3 Å². The highest BCUT2D eigenvalue weighted by Gasteiger charge is 2.56. The summed E-state index contributed by atoms with van der Waals surface area (Å²) in [5.41, 5.74) is 1.33. The Kier molecular flexibility index (Phi) is 5.09. The summed E-state index contributed by atoms with van der Waals surface area (Å²) in [6.45, 7) is 2.19. The highest BCUT2D eigenvalue weighted by atomic mass is 19.1. The molecule has 0 atom stereocenters. The lowest BCUT2D eigenvalue weighted by Gasteiger charge is -2.33. The zero-order valence-corrected chi connectivity index (χ0v) is 18.7. The van der Waals surface area contributed by atoms with Gasteiger partial charge in [-0.1, -0.05) is 0 Å². The van der Waals surface area contributed by atoms with E-state index >= 15 is 4.39 Å². The second-order valence-corrected chi connectivity index (χ2v) is 8.35. The molecule has 0 unspecified atom stereocenters. The number of esters is 1. The summed E-state index contributed by atoms with van der Waals surface area (Å²) in [6.07, 6.45) is 1.51. The standard InChI is InChI=1S/C25H21FN4O4/c1-3-34-24(32)21-20-22(30(28-21)19-9-8-17(33-2)12-18(19)26)23(31)29(14-25(20)10-11-25)16-6-4-15(13-27)5-7-16/h4-9,12H,3,10-11,14H2,1-2H3. The Hall–Kier alpha value is -4.19. The van der Waals surface area contributed by atoms with Crippen molar-refractivity contribution in [3.63, 3.8) is 0 Å². The Morgan fingerprint density at radius 1 is 1.24 bits per heavy atom. The molecule has 9 heteroatoms. The minimum Gasteiger partial charge on any atom is -0.497 e. The molecule has 0 radical (unpaired) electrons. The van der Waals surface area contributed by atoms with Crippen LogP contribution < -0.4 is 9.64 Å². The maximum Gasteiger partial charge on any atom is 0.359 e. The lowest BCUT2D eigenvalue weighted by atomic mass is 9.88. The average molecular weight is 460 g/mol. The normalized spacial score (nSPS) is 15.6. The third kappa shape index (κ3) is 3.30. The Labute approximate surface area is 195 Å². The molecule has 1 spiro atoms. The molecule has 172 valence electrons. The lowest BCUT2D eigenvalue weighted by Crippen LogP contribution is -2.44.